The number of ether oxygens (including phenoxy) is 2. The number of anilines is 1. The van der Waals surface area contributed by atoms with Crippen molar-refractivity contribution in [2.75, 3.05) is 25.1 Å². The summed E-state index contributed by atoms with van der Waals surface area (Å²) in [5.74, 6) is 0.475. The van der Waals surface area contributed by atoms with E-state index in [1.54, 1.807) is 12.1 Å². The molecule has 0 bridgehead atoms. The Labute approximate surface area is 118 Å². The van der Waals surface area contributed by atoms with E-state index in [1.165, 1.54) is 0 Å². The predicted molar refractivity (Wildman–Crippen MR) is 72.4 cm³/mol. The third kappa shape index (κ3) is 4.36. The van der Waals surface area contributed by atoms with Gasteiger partial charge in [-0.25, -0.2) is 4.79 Å². The predicted octanol–water partition coefficient (Wildman–Crippen LogP) is 3.04. The number of aliphatic hydroxyl groups is 1. The van der Waals surface area contributed by atoms with Crippen molar-refractivity contribution in [3.8, 4) is 5.75 Å². The van der Waals surface area contributed by atoms with Crippen molar-refractivity contribution < 1.29 is 19.4 Å². The Kier molecular flexibility index (Phi) is 6.24. The molecule has 1 rings (SSSR count). The zero-order valence-corrected chi connectivity index (χ0v) is 12.0. The maximum absolute atomic E-state index is 11.4. The molecule has 0 atom stereocenters. The normalized spacial score (nSPS) is 10.0. The molecule has 100 valence electrons. The van der Waals surface area contributed by atoms with E-state index < -0.39 is 6.09 Å². The highest BCUT2D eigenvalue weighted by Gasteiger charge is 2.13. The van der Waals surface area contributed by atoms with Crippen LogP contribution >= 0.6 is 27.5 Å². The van der Waals surface area contributed by atoms with Gasteiger partial charge in [0.15, 0.2) is 5.75 Å². The number of hydrogen-bond donors (Lipinski definition) is 2. The number of carbonyl (C=O) groups excluding carboxylic acids is 1. The van der Waals surface area contributed by atoms with E-state index >= 15 is 0 Å². The lowest BCUT2D eigenvalue weighted by Crippen LogP contribution is -2.16. The van der Waals surface area contributed by atoms with Crippen LogP contribution in [0.1, 0.15) is 6.92 Å². The van der Waals surface area contributed by atoms with Crippen LogP contribution < -0.4 is 10.1 Å². The van der Waals surface area contributed by atoms with Gasteiger partial charge in [-0.3, -0.25) is 5.32 Å². The maximum Gasteiger partial charge on any atom is 0.411 e. The topological polar surface area (TPSA) is 67.8 Å². The Bertz CT molecular complexity index is 428. The van der Waals surface area contributed by atoms with Gasteiger partial charge in [0, 0.05) is 5.02 Å². The minimum atomic E-state index is -0.681. The molecular weight excluding hydrogens is 325 g/mol. The number of hydrogen-bond acceptors (Lipinski definition) is 4. The van der Waals surface area contributed by atoms with Crippen LogP contribution in [0.4, 0.5) is 10.5 Å². The lowest BCUT2D eigenvalue weighted by atomic mass is 10.3. The van der Waals surface area contributed by atoms with E-state index in [1.807, 2.05) is 6.92 Å². The van der Waals surface area contributed by atoms with Crippen LogP contribution in [0.3, 0.4) is 0 Å². The standard InChI is InChI=1S/C11H13BrClNO4/c1-2-17-10-8(12)5-7(13)6-9(10)14-11(16)18-4-3-15/h5-6,15H,2-4H2,1H3,(H,14,16). The first-order valence-corrected chi connectivity index (χ1v) is 6.42. The van der Waals surface area contributed by atoms with Gasteiger partial charge in [0.1, 0.15) is 6.61 Å². The van der Waals surface area contributed by atoms with Gasteiger partial charge in [-0.2, -0.15) is 0 Å². The minimum absolute atomic E-state index is 0.0719. The molecule has 7 heteroatoms. The third-order valence-electron chi connectivity index (χ3n) is 1.86. The molecule has 2 N–H and O–H groups in total. The monoisotopic (exact) mass is 337 g/mol. The zero-order valence-electron chi connectivity index (χ0n) is 9.70. The fourth-order valence-corrected chi connectivity index (χ4v) is 2.15. The second-order valence-electron chi connectivity index (χ2n) is 3.18. The molecule has 0 saturated carbocycles. The summed E-state index contributed by atoms with van der Waals surface area (Å²) in [5, 5.41) is 11.5. The molecule has 0 unspecified atom stereocenters. The summed E-state index contributed by atoms with van der Waals surface area (Å²) < 4.78 is 10.7. The molecule has 0 radical (unpaired) electrons. The molecule has 0 spiro atoms. The second-order valence-corrected chi connectivity index (χ2v) is 4.47. The van der Waals surface area contributed by atoms with Crippen LogP contribution in [0, 0.1) is 0 Å². The minimum Gasteiger partial charge on any atom is -0.491 e. The van der Waals surface area contributed by atoms with Gasteiger partial charge in [0.25, 0.3) is 0 Å². The van der Waals surface area contributed by atoms with Crippen LogP contribution in [0.2, 0.25) is 5.02 Å². The van der Waals surface area contributed by atoms with Gasteiger partial charge in [0.05, 0.1) is 23.4 Å². The Morgan fingerprint density at radius 2 is 2.28 bits per heavy atom. The summed E-state index contributed by atoms with van der Waals surface area (Å²) >= 11 is 9.19. The first kappa shape index (κ1) is 15.1. The van der Waals surface area contributed by atoms with Crippen molar-refractivity contribution in [2.24, 2.45) is 0 Å². The van der Waals surface area contributed by atoms with Crippen molar-refractivity contribution in [3.63, 3.8) is 0 Å². The largest absolute Gasteiger partial charge is 0.491 e. The Balaban J connectivity index is 2.88. The number of amides is 1. The van der Waals surface area contributed by atoms with E-state index in [0.717, 1.165) is 0 Å². The van der Waals surface area contributed by atoms with E-state index in [4.69, 9.17) is 26.2 Å². The van der Waals surface area contributed by atoms with E-state index in [0.29, 0.717) is 27.5 Å². The molecule has 0 heterocycles. The number of aliphatic hydroxyl groups excluding tert-OH is 1. The molecule has 0 aliphatic carbocycles. The summed E-state index contributed by atoms with van der Waals surface area (Å²) in [6, 6.07) is 3.22. The van der Waals surface area contributed by atoms with Crippen molar-refractivity contribution in [1.29, 1.82) is 0 Å². The highest BCUT2D eigenvalue weighted by molar-refractivity contribution is 9.10. The fourth-order valence-electron chi connectivity index (χ4n) is 1.23. The molecule has 1 aromatic carbocycles. The molecule has 18 heavy (non-hydrogen) atoms. The van der Waals surface area contributed by atoms with Crippen LogP contribution in [-0.4, -0.2) is 31.0 Å². The first-order valence-electron chi connectivity index (χ1n) is 5.25. The molecule has 5 nitrogen and oxygen atoms in total. The van der Waals surface area contributed by atoms with Crippen LogP contribution in [0.5, 0.6) is 5.75 Å². The average molecular weight is 339 g/mol. The fraction of sp³-hybridized carbons (Fsp3) is 0.364. The number of rotatable bonds is 5. The van der Waals surface area contributed by atoms with Crippen molar-refractivity contribution in [2.45, 2.75) is 6.92 Å². The quantitative estimate of drug-likeness (QED) is 0.866. The van der Waals surface area contributed by atoms with E-state index in [-0.39, 0.29) is 13.2 Å². The number of nitrogens with one attached hydrogen (secondary N) is 1. The van der Waals surface area contributed by atoms with Gasteiger partial charge in [-0.05, 0) is 35.0 Å². The van der Waals surface area contributed by atoms with Gasteiger partial charge in [-0.1, -0.05) is 11.6 Å². The third-order valence-corrected chi connectivity index (χ3v) is 2.67. The summed E-state index contributed by atoms with van der Waals surface area (Å²) in [7, 11) is 0. The Morgan fingerprint density at radius 3 is 2.89 bits per heavy atom. The van der Waals surface area contributed by atoms with E-state index in [2.05, 4.69) is 21.2 Å². The van der Waals surface area contributed by atoms with Crippen LogP contribution in [0.25, 0.3) is 0 Å². The second kappa shape index (κ2) is 7.45. The summed E-state index contributed by atoms with van der Waals surface area (Å²) in [4.78, 5) is 11.4. The summed E-state index contributed by atoms with van der Waals surface area (Å²) in [6.45, 7) is 1.97. The highest BCUT2D eigenvalue weighted by atomic mass is 79.9. The Hall–Kier alpha value is -0.980. The molecule has 0 saturated heterocycles. The number of carbonyl (C=O) groups is 1. The summed E-state index contributed by atoms with van der Waals surface area (Å²) in [5.41, 5.74) is 0.402. The molecular formula is C11H13BrClNO4. The Morgan fingerprint density at radius 1 is 1.56 bits per heavy atom. The average Bonchev–Trinajstić information content (AvgIpc) is 2.31. The SMILES string of the molecule is CCOc1c(Br)cc(Cl)cc1NC(=O)OCCO. The van der Waals surface area contributed by atoms with Gasteiger partial charge in [-0.15, -0.1) is 0 Å². The van der Waals surface area contributed by atoms with Crippen molar-refractivity contribution in [1.82, 2.24) is 0 Å². The lowest BCUT2D eigenvalue weighted by molar-refractivity contribution is 0.131. The highest BCUT2D eigenvalue weighted by Crippen LogP contribution is 2.36. The molecule has 0 aromatic heterocycles. The maximum atomic E-state index is 11.4. The van der Waals surface area contributed by atoms with Crippen LogP contribution in [0.15, 0.2) is 16.6 Å². The number of halogens is 2. The van der Waals surface area contributed by atoms with Gasteiger partial charge < -0.3 is 14.6 Å². The molecule has 0 aliphatic rings. The summed E-state index contributed by atoms with van der Waals surface area (Å²) in [6.07, 6.45) is -0.681. The van der Waals surface area contributed by atoms with Crippen molar-refractivity contribution >= 4 is 39.3 Å². The zero-order chi connectivity index (χ0) is 13.5. The number of benzene rings is 1. The van der Waals surface area contributed by atoms with Gasteiger partial charge >= 0.3 is 6.09 Å². The molecule has 1 amide bonds. The van der Waals surface area contributed by atoms with E-state index in [9.17, 15) is 4.79 Å². The van der Waals surface area contributed by atoms with Crippen LogP contribution in [-0.2, 0) is 4.74 Å². The molecule has 0 aliphatic heterocycles. The first-order chi connectivity index (χ1) is 8.58. The molecule has 1 aromatic rings. The van der Waals surface area contributed by atoms with Crippen molar-refractivity contribution in [3.05, 3.63) is 21.6 Å². The van der Waals surface area contributed by atoms with Gasteiger partial charge in [0.2, 0.25) is 0 Å². The lowest BCUT2D eigenvalue weighted by Gasteiger charge is -2.13. The smallest absolute Gasteiger partial charge is 0.411 e. The molecule has 0 fully saturated rings.